The Morgan fingerprint density at radius 3 is 2.29 bits per heavy atom. The summed E-state index contributed by atoms with van der Waals surface area (Å²) in [5.74, 6) is -2.82. The third kappa shape index (κ3) is 2.63. The quantitative estimate of drug-likeness (QED) is 0.414. The molecule has 2 aliphatic rings. The van der Waals surface area contributed by atoms with Gasteiger partial charge in [0, 0.05) is 11.6 Å². The van der Waals surface area contributed by atoms with Crippen molar-refractivity contribution in [3.05, 3.63) is 78.1 Å². The number of para-hydroxylation sites is 1. The molecule has 4 rings (SSSR count). The van der Waals surface area contributed by atoms with Crippen molar-refractivity contribution >= 4 is 23.3 Å². The monoisotopic (exact) mass is 421 g/mol. The number of halogens is 1. The summed E-state index contributed by atoms with van der Waals surface area (Å²) in [6.07, 6.45) is 1.91. The van der Waals surface area contributed by atoms with Crippen molar-refractivity contribution in [3.63, 3.8) is 0 Å². The fraction of sp³-hybridized carbons (Fsp3) is 0.320. The molecule has 0 N–H and O–H groups in total. The minimum Gasteiger partial charge on any atom is -0.468 e. The maximum atomic E-state index is 13.8. The maximum Gasteiger partial charge on any atom is 0.323 e. The van der Waals surface area contributed by atoms with Crippen LogP contribution in [-0.2, 0) is 24.5 Å². The van der Waals surface area contributed by atoms with Gasteiger partial charge in [-0.05, 0) is 48.6 Å². The van der Waals surface area contributed by atoms with Crippen LogP contribution in [0, 0.1) is 17.2 Å². The van der Waals surface area contributed by atoms with Crippen molar-refractivity contribution in [3.8, 4) is 0 Å². The second kappa shape index (κ2) is 7.45. The van der Waals surface area contributed by atoms with E-state index in [0.29, 0.717) is 5.56 Å². The Hall–Kier alpha value is -3.28. The summed E-state index contributed by atoms with van der Waals surface area (Å²) in [5, 5.41) is 0. The molecular formula is C25H24FNO4. The predicted octanol–water partition coefficient (Wildman–Crippen LogP) is 4.49. The van der Waals surface area contributed by atoms with Gasteiger partial charge in [0.25, 0.3) is 0 Å². The first-order valence-electron chi connectivity index (χ1n) is 10.1. The van der Waals surface area contributed by atoms with Crippen LogP contribution in [0.1, 0.15) is 30.4 Å². The normalized spacial score (nSPS) is 25.6. The lowest BCUT2D eigenvalue weighted by atomic mass is 9.59. The van der Waals surface area contributed by atoms with Gasteiger partial charge in [-0.3, -0.25) is 14.6 Å². The van der Waals surface area contributed by atoms with Gasteiger partial charge in [-0.1, -0.05) is 36.4 Å². The number of fused-ring (bicyclic) bond motifs is 2. The first kappa shape index (κ1) is 21.0. The molecular weight excluding hydrogens is 397 g/mol. The first-order chi connectivity index (χ1) is 14.9. The van der Waals surface area contributed by atoms with E-state index in [-0.39, 0.29) is 12.3 Å². The summed E-state index contributed by atoms with van der Waals surface area (Å²) < 4.78 is 24.2. The maximum absolute atomic E-state index is 13.8. The van der Waals surface area contributed by atoms with Crippen LogP contribution in [0.4, 0.5) is 10.1 Å². The summed E-state index contributed by atoms with van der Waals surface area (Å²) in [4.78, 5) is 31.5. The molecule has 0 unspecified atom stereocenters. The first-order valence-corrected chi connectivity index (χ1v) is 10.1. The van der Waals surface area contributed by atoms with Gasteiger partial charge >= 0.3 is 11.9 Å². The molecule has 0 amide bonds. The van der Waals surface area contributed by atoms with Crippen molar-refractivity contribution in [2.45, 2.75) is 24.7 Å². The molecule has 1 aliphatic heterocycles. The van der Waals surface area contributed by atoms with Gasteiger partial charge < -0.3 is 9.47 Å². The smallest absolute Gasteiger partial charge is 0.323 e. The fourth-order valence-electron chi connectivity index (χ4n) is 5.77. The summed E-state index contributed by atoms with van der Waals surface area (Å²) in [7, 11) is 2.51. The number of carbonyl (C=O) groups excluding carboxylic acids is 2. The lowest BCUT2D eigenvalue weighted by Gasteiger charge is -2.41. The van der Waals surface area contributed by atoms with E-state index < -0.39 is 34.5 Å². The van der Waals surface area contributed by atoms with Crippen molar-refractivity contribution in [2.75, 3.05) is 14.2 Å². The van der Waals surface area contributed by atoms with Gasteiger partial charge in [0.05, 0.1) is 25.3 Å². The van der Waals surface area contributed by atoms with Crippen LogP contribution in [0.25, 0.3) is 0 Å². The third-order valence-electron chi connectivity index (χ3n) is 6.90. The molecule has 0 saturated heterocycles. The number of esters is 2. The Morgan fingerprint density at radius 2 is 1.71 bits per heavy atom. The van der Waals surface area contributed by atoms with Crippen LogP contribution in [0.3, 0.4) is 0 Å². The average molecular weight is 421 g/mol. The molecule has 1 saturated carbocycles. The number of rotatable bonds is 4. The molecule has 3 atom stereocenters. The van der Waals surface area contributed by atoms with Crippen LogP contribution in [0.5, 0.6) is 0 Å². The molecule has 2 aromatic carbocycles. The van der Waals surface area contributed by atoms with Gasteiger partial charge in [-0.25, -0.2) is 4.39 Å². The van der Waals surface area contributed by atoms with Crippen LogP contribution < -0.4 is 0 Å². The van der Waals surface area contributed by atoms with E-state index in [1.807, 2.05) is 31.2 Å². The van der Waals surface area contributed by atoms with E-state index in [9.17, 15) is 14.0 Å². The number of carbonyl (C=O) groups is 2. The molecule has 6 heteroatoms. The topological polar surface area (TPSA) is 65.0 Å². The summed E-state index contributed by atoms with van der Waals surface area (Å²) in [5.41, 5.74) is 0.605. The molecule has 31 heavy (non-hydrogen) atoms. The molecule has 0 radical (unpaired) electrons. The number of hydrogen-bond donors (Lipinski definition) is 0. The minimum absolute atomic E-state index is 0.138. The highest BCUT2D eigenvalue weighted by atomic mass is 19.1. The Labute approximate surface area is 180 Å². The highest BCUT2D eigenvalue weighted by molar-refractivity contribution is 6.09. The molecule has 0 aromatic heterocycles. The number of aliphatic imine (C=N–C) groups is 1. The highest BCUT2D eigenvalue weighted by Gasteiger charge is 2.72. The number of nitrogens with zero attached hydrogens (tertiary/aromatic N) is 1. The largest absolute Gasteiger partial charge is 0.468 e. The van der Waals surface area contributed by atoms with Gasteiger partial charge in [0.2, 0.25) is 0 Å². The zero-order chi connectivity index (χ0) is 22.4. The van der Waals surface area contributed by atoms with Gasteiger partial charge in [-0.15, -0.1) is 6.58 Å². The van der Waals surface area contributed by atoms with E-state index in [2.05, 4.69) is 6.58 Å². The Kier molecular flexibility index (Phi) is 5.04. The minimum atomic E-state index is -1.64. The predicted molar refractivity (Wildman–Crippen MR) is 115 cm³/mol. The molecule has 1 aliphatic carbocycles. The molecule has 5 nitrogen and oxygen atoms in total. The molecule has 160 valence electrons. The van der Waals surface area contributed by atoms with Crippen LogP contribution in [0.2, 0.25) is 0 Å². The number of allylic oxidation sites excluding steroid dienone is 1. The Bertz CT molecular complexity index is 1070. The van der Waals surface area contributed by atoms with Crippen molar-refractivity contribution in [1.29, 1.82) is 0 Å². The number of methoxy groups -OCH3 is 2. The van der Waals surface area contributed by atoms with Crippen molar-refractivity contribution < 1.29 is 23.5 Å². The second-order valence-corrected chi connectivity index (χ2v) is 8.07. The Morgan fingerprint density at radius 1 is 1.10 bits per heavy atom. The standard InChI is InChI=1S/C25H24FNO4/c1-5-17-14-24(22(28)30-3,23(29)31-4)21(16-10-12-18(26)13-11-16)25(17)15(2)27-20-9-7-6-8-19(20)25/h5-13,17,21H,1,14H2,2-4H3/t17-,21+,25+/m0/s1. The van der Waals surface area contributed by atoms with Gasteiger partial charge in [-0.2, -0.15) is 0 Å². The molecule has 2 aromatic rings. The molecule has 1 heterocycles. The second-order valence-electron chi connectivity index (χ2n) is 8.07. The number of ether oxygens (including phenoxy) is 2. The number of hydrogen-bond acceptors (Lipinski definition) is 5. The molecule has 1 fully saturated rings. The number of benzene rings is 2. The Balaban J connectivity index is 2.12. The SMILES string of the molecule is C=C[C@H]1CC(C(=O)OC)(C(=O)OC)[C@@H](c2ccc(F)cc2)[C@]12C(C)=Nc1ccccc12. The van der Waals surface area contributed by atoms with Gasteiger partial charge in [0.15, 0.2) is 5.41 Å². The highest BCUT2D eigenvalue weighted by Crippen LogP contribution is 2.67. The van der Waals surface area contributed by atoms with E-state index >= 15 is 0 Å². The van der Waals surface area contributed by atoms with Crippen LogP contribution in [-0.4, -0.2) is 31.9 Å². The summed E-state index contributed by atoms with van der Waals surface area (Å²) in [6.45, 7) is 5.93. The van der Waals surface area contributed by atoms with E-state index in [1.54, 1.807) is 18.2 Å². The molecule has 1 spiro atoms. The summed E-state index contributed by atoms with van der Waals surface area (Å²) in [6, 6.07) is 13.6. The summed E-state index contributed by atoms with van der Waals surface area (Å²) >= 11 is 0. The van der Waals surface area contributed by atoms with Crippen molar-refractivity contribution in [2.24, 2.45) is 16.3 Å². The zero-order valence-corrected chi connectivity index (χ0v) is 17.7. The fourth-order valence-corrected chi connectivity index (χ4v) is 5.77. The molecule has 0 bridgehead atoms. The third-order valence-corrected chi connectivity index (χ3v) is 6.90. The van der Waals surface area contributed by atoms with E-state index in [4.69, 9.17) is 14.5 Å². The average Bonchev–Trinajstić information content (AvgIpc) is 3.27. The van der Waals surface area contributed by atoms with Crippen LogP contribution in [0.15, 0.2) is 66.2 Å². The lowest BCUT2D eigenvalue weighted by Crippen LogP contribution is -2.49. The zero-order valence-electron chi connectivity index (χ0n) is 17.7. The van der Waals surface area contributed by atoms with E-state index in [0.717, 1.165) is 17.0 Å². The van der Waals surface area contributed by atoms with Crippen LogP contribution >= 0.6 is 0 Å². The van der Waals surface area contributed by atoms with E-state index in [1.165, 1.54) is 26.4 Å². The lowest BCUT2D eigenvalue weighted by molar-refractivity contribution is -0.170. The van der Waals surface area contributed by atoms with Crippen molar-refractivity contribution in [1.82, 2.24) is 0 Å². The van der Waals surface area contributed by atoms with Gasteiger partial charge in [0.1, 0.15) is 5.82 Å².